The minimum Gasteiger partial charge on any atom is -0.469 e. The molecule has 0 spiro atoms. The molecule has 1 amide bonds. The third-order valence-corrected chi connectivity index (χ3v) is 3.61. The molecule has 0 bridgehead atoms. The van der Waals surface area contributed by atoms with Crippen molar-refractivity contribution in [1.82, 2.24) is 4.90 Å². The van der Waals surface area contributed by atoms with Gasteiger partial charge in [0, 0.05) is 17.6 Å². The number of hydrogen-bond acceptors (Lipinski definition) is 3. The van der Waals surface area contributed by atoms with Crippen LogP contribution in [0.4, 0.5) is 0 Å². The summed E-state index contributed by atoms with van der Waals surface area (Å²) >= 11 is 5.83. The number of nitrogens with zero attached hydrogens (tertiary/aromatic N) is 1. The summed E-state index contributed by atoms with van der Waals surface area (Å²) in [6, 6.07) is 7.55. The van der Waals surface area contributed by atoms with Crippen LogP contribution in [0.15, 0.2) is 24.3 Å². The molecule has 0 saturated heterocycles. The fraction of sp³-hybridized carbons (Fsp3) is 0.467. The number of methoxy groups -OCH3 is 1. The first-order valence-corrected chi connectivity index (χ1v) is 7.08. The number of ether oxygens (including phenoxy) is 1. The minimum atomic E-state index is -0.282. The lowest BCUT2D eigenvalue weighted by molar-refractivity contribution is -0.141. The van der Waals surface area contributed by atoms with Crippen molar-refractivity contribution in [2.75, 3.05) is 13.7 Å². The maximum atomic E-state index is 12.3. The Morgan fingerprint density at radius 2 is 1.95 bits per heavy atom. The smallest absolute Gasteiger partial charge is 0.307 e. The number of amides is 1. The molecule has 1 saturated carbocycles. The second kappa shape index (κ2) is 6.75. The largest absolute Gasteiger partial charge is 0.469 e. The van der Waals surface area contributed by atoms with Crippen LogP contribution in [0.2, 0.25) is 5.02 Å². The van der Waals surface area contributed by atoms with Crippen LogP contribution in [-0.4, -0.2) is 36.5 Å². The fourth-order valence-corrected chi connectivity index (χ4v) is 2.22. The van der Waals surface area contributed by atoms with Crippen molar-refractivity contribution in [2.24, 2.45) is 0 Å². The van der Waals surface area contributed by atoms with E-state index in [-0.39, 0.29) is 18.3 Å². The topological polar surface area (TPSA) is 46.6 Å². The summed E-state index contributed by atoms with van der Waals surface area (Å²) in [6.07, 6.45) is 2.63. The first-order valence-electron chi connectivity index (χ1n) is 6.71. The van der Waals surface area contributed by atoms with E-state index in [9.17, 15) is 9.59 Å². The third-order valence-electron chi connectivity index (χ3n) is 3.36. The Morgan fingerprint density at radius 1 is 1.30 bits per heavy atom. The van der Waals surface area contributed by atoms with Gasteiger partial charge in [0.25, 0.3) is 0 Å². The summed E-state index contributed by atoms with van der Waals surface area (Å²) in [5.74, 6) is -0.228. The van der Waals surface area contributed by atoms with E-state index in [1.165, 1.54) is 7.11 Å². The van der Waals surface area contributed by atoms with Gasteiger partial charge in [-0.15, -0.1) is 0 Å². The summed E-state index contributed by atoms with van der Waals surface area (Å²) in [5, 5.41) is 0.658. The molecule has 2 rings (SSSR count). The van der Waals surface area contributed by atoms with Gasteiger partial charge in [0.2, 0.25) is 5.91 Å². The van der Waals surface area contributed by atoms with Crippen molar-refractivity contribution in [3.05, 3.63) is 34.9 Å². The zero-order valence-electron chi connectivity index (χ0n) is 11.5. The van der Waals surface area contributed by atoms with Gasteiger partial charge in [-0.1, -0.05) is 23.7 Å². The second-order valence-corrected chi connectivity index (χ2v) is 5.38. The van der Waals surface area contributed by atoms with Crippen molar-refractivity contribution in [2.45, 2.75) is 31.7 Å². The van der Waals surface area contributed by atoms with Crippen molar-refractivity contribution >= 4 is 23.5 Å². The maximum absolute atomic E-state index is 12.3. The van der Waals surface area contributed by atoms with Crippen molar-refractivity contribution in [3.63, 3.8) is 0 Å². The van der Waals surface area contributed by atoms with E-state index in [2.05, 4.69) is 4.74 Å². The minimum absolute atomic E-state index is 0.0544. The van der Waals surface area contributed by atoms with Gasteiger partial charge in [-0.2, -0.15) is 0 Å². The molecule has 0 heterocycles. The summed E-state index contributed by atoms with van der Waals surface area (Å²) in [6.45, 7) is 0.434. The van der Waals surface area contributed by atoms with Crippen LogP contribution in [0.25, 0.3) is 0 Å². The Bertz CT molecular complexity index is 482. The van der Waals surface area contributed by atoms with Crippen molar-refractivity contribution in [1.29, 1.82) is 0 Å². The highest BCUT2D eigenvalue weighted by molar-refractivity contribution is 6.30. The summed E-state index contributed by atoms with van der Waals surface area (Å²) in [5.41, 5.74) is 0.933. The summed E-state index contributed by atoms with van der Waals surface area (Å²) in [7, 11) is 1.36. The van der Waals surface area contributed by atoms with E-state index in [1.807, 2.05) is 12.1 Å². The van der Waals surface area contributed by atoms with E-state index in [4.69, 9.17) is 11.6 Å². The number of benzene rings is 1. The van der Waals surface area contributed by atoms with Crippen LogP contribution in [0, 0.1) is 0 Å². The normalized spacial score (nSPS) is 13.9. The molecule has 20 heavy (non-hydrogen) atoms. The summed E-state index contributed by atoms with van der Waals surface area (Å²) in [4.78, 5) is 25.3. The Labute approximate surface area is 123 Å². The molecule has 1 aromatic rings. The van der Waals surface area contributed by atoms with Gasteiger partial charge in [0.15, 0.2) is 0 Å². The Kier molecular flexibility index (Phi) is 5.01. The molecule has 108 valence electrons. The van der Waals surface area contributed by atoms with Gasteiger partial charge in [-0.05, 0) is 30.5 Å². The highest BCUT2D eigenvalue weighted by atomic mass is 35.5. The van der Waals surface area contributed by atoms with Crippen molar-refractivity contribution < 1.29 is 14.3 Å². The lowest BCUT2D eigenvalue weighted by Gasteiger charge is -2.22. The van der Waals surface area contributed by atoms with Crippen LogP contribution in [0.1, 0.15) is 24.8 Å². The molecular formula is C15H18ClNO3. The van der Waals surface area contributed by atoms with Crippen LogP contribution in [-0.2, 0) is 20.7 Å². The van der Waals surface area contributed by atoms with E-state index < -0.39 is 0 Å². The number of rotatable bonds is 6. The lowest BCUT2D eigenvalue weighted by atomic mass is 10.1. The second-order valence-electron chi connectivity index (χ2n) is 4.95. The average molecular weight is 296 g/mol. The Hall–Kier alpha value is -1.55. The van der Waals surface area contributed by atoms with Crippen LogP contribution in [0.5, 0.6) is 0 Å². The molecule has 1 aliphatic rings. The molecule has 4 nitrogen and oxygen atoms in total. The molecule has 1 fully saturated rings. The van der Waals surface area contributed by atoms with E-state index >= 15 is 0 Å². The number of halogens is 1. The zero-order chi connectivity index (χ0) is 14.5. The first-order chi connectivity index (χ1) is 9.60. The van der Waals surface area contributed by atoms with E-state index in [1.54, 1.807) is 17.0 Å². The van der Waals surface area contributed by atoms with Gasteiger partial charge in [-0.3, -0.25) is 9.59 Å². The monoisotopic (exact) mass is 295 g/mol. The molecule has 1 aromatic carbocycles. The molecule has 0 atom stereocenters. The van der Waals surface area contributed by atoms with Crippen LogP contribution in [0.3, 0.4) is 0 Å². The zero-order valence-corrected chi connectivity index (χ0v) is 12.2. The maximum Gasteiger partial charge on any atom is 0.307 e. The highest BCUT2D eigenvalue weighted by Crippen LogP contribution is 2.27. The predicted octanol–water partition coefficient (Wildman–Crippen LogP) is 2.44. The van der Waals surface area contributed by atoms with E-state index in [0.29, 0.717) is 24.0 Å². The molecule has 1 aliphatic carbocycles. The van der Waals surface area contributed by atoms with Crippen molar-refractivity contribution in [3.8, 4) is 0 Å². The molecule has 0 N–H and O–H groups in total. The molecule has 0 radical (unpaired) electrons. The molecule has 0 aromatic heterocycles. The standard InChI is InChI=1S/C15H18ClNO3/c1-20-15(19)8-9-17(13-6-7-13)14(18)10-11-2-4-12(16)5-3-11/h2-5,13H,6-10H2,1H3. The van der Waals surface area contributed by atoms with Gasteiger partial charge < -0.3 is 9.64 Å². The SMILES string of the molecule is COC(=O)CCN(C(=O)Cc1ccc(Cl)cc1)C1CC1. The predicted molar refractivity (Wildman–Crippen MR) is 76.5 cm³/mol. The number of carbonyl (C=O) groups is 2. The van der Waals surface area contributed by atoms with Gasteiger partial charge >= 0.3 is 5.97 Å². The summed E-state index contributed by atoms with van der Waals surface area (Å²) < 4.78 is 4.62. The molecular weight excluding hydrogens is 278 g/mol. The Morgan fingerprint density at radius 3 is 2.50 bits per heavy atom. The van der Waals surface area contributed by atoms with Gasteiger partial charge in [0.1, 0.15) is 0 Å². The first kappa shape index (κ1) is 14.9. The van der Waals surface area contributed by atoms with Gasteiger partial charge in [0.05, 0.1) is 20.0 Å². The Balaban J connectivity index is 1.93. The molecule has 0 aliphatic heterocycles. The highest BCUT2D eigenvalue weighted by Gasteiger charge is 2.32. The lowest BCUT2D eigenvalue weighted by Crippen LogP contribution is -2.36. The van der Waals surface area contributed by atoms with Gasteiger partial charge in [-0.25, -0.2) is 0 Å². The van der Waals surface area contributed by atoms with Crippen LogP contribution < -0.4 is 0 Å². The average Bonchev–Trinajstić information content (AvgIpc) is 3.26. The number of carbonyl (C=O) groups excluding carboxylic acids is 2. The third kappa shape index (κ3) is 4.23. The fourth-order valence-electron chi connectivity index (χ4n) is 2.09. The number of hydrogen-bond donors (Lipinski definition) is 0. The van der Waals surface area contributed by atoms with E-state index in [0.717, 1.165) is 18.4 Å². The molecule has 5 heteroatoms. The quantitative estimate of drug-likeness (QED) is 0.757. The van der Waals surface area contributed by atoms with Crippen LogP contribution >= 0.6 is 11.6 Å². The molecule has 0 unspecified atom stereocenters. The number of esters is 1.